The summed E-state index contributed by atoms with van der Waals surface area (Å²) in [7, 11) is 0. The van der Waals surface area contributed by atoms with Gasteiger partial charge < -0.3 is 4.74 Å². The van der Waals surface area contributed by atoms with Crippen molar-refractivity contribution in [1.82, 2.24) is 0 Å². The molecule has 0 aliphatic heterocycles. The van der Waals surface area contributed by atoms with Crippen molar-refractivity contribution in [2.75, 3.05) is 0 Å². The van der Waals surface area contributed by atoms with E-state index in [0.717, 1.165) is 6.92 Å². The van der Waals surface area contributed by atoms with Crippen molar-refractivity contribution in [2.45, 2.75) is 38.7 Å². The molecule has 0 aliphatic rings. The van der Waals surface area contributed by atoms with E-state index in [0.29, 0.717) is 6.92 Å². The van der Waals surface area contributed by atoms with Crippen molar-refractivity contribution >= 4 is 0 Å². The van der Waals surface area contributed by atoms with Gasteiger partial charge in [0.05, 0.1) is 0 Å². The van der Waals surface area contributed by atoms with Gasteiger partial charge in [-0.15, -0.1) is 0 Å². The second-order valence-corrected chi connectivity index (χ2v) is 2.93. The van der Waals surface area contributed by atoms with Crippen LogP contribution in [0.25, 0.3) is 0 Å². The number of hydrogen-bond acceptors (Lipinski definition) is 1. The van der Waals surface area contributed by atoms with Gasteiger partial charge >= 0.3 is 0 Å². The lowest BCUT2D eigenvalue weighted by atomic mass is 9.96. The average Bonchev–Trinajstić information content (AvgIpc) is 1.83. The van der Waals surface area contributed by atoms with Gasteiger partial charge in [-0.2, -0.15) is 4.39 Å². The summed E-state index contributed by atoms with van der Waals surface area (Å²) in [5, 5.41) is 0. The summed E-state index contributed by atoms with van der Waals surface area (Å²) in [4.78, 5) is 0. The molecule has 0 aliphatic carbocycles. The molecule has 0 rings (SSSR count). The number of alkyl halides is 2. The average molecular weight is 182 g/mol. The third-order valence-corrected chi connectivity index (χ3v) is 1.94. The SMILES string of the molecule is C=C(F)OC(C)(CC)C(C)(F)F. The molecule has 0 bridgehead atoms. The molecule has 72 valence electrons. The van der Waals surface area contributed by atoms with Crippen LogP contribution in [0.1, 0.15) is 27.2 Å². The minimum atomic E-state index is -3.09. The molecule has 0 amide bonds. The Morgan fingerprint density at radius 2 is 1.83 bits per heavy atom. The number of hydrogen-bond donors (Lipinski definition) is 0. The summed E-state index contributed by atoms with van der Waals surface area (Å²) in [5.41, 5.74) is -1.81. The van der Waals surface area contributed by atoms with Gasteiger partial charge in [0.15, 0.2) is 5.60 Å². The molecule has 0 N–H and O–H groups in total. The highest BCUT2D eigenvalue weighted by atomic mass is 19.3. The van der Waals surface area contributed by atoms with E-state index in [2.05, 4.69) is 11.3 Å². The van der Waals surface area contributed by atoms with Gasteiger partial charge in [-0.3, -0.25) is 0 Å². The summed E-state index contributed by atoms with van der Waals surface area (Å²) in [5.74, 6) is -3.09. The Hall–Kier alpha value is -0.670. The molecular weight excluding hydrogens is 169 g/mol. The highest BCUT2D eigenvalue weighted by Gasteiger charge is 2.47. The molecule has 0 saturated heterocycles. The molecule has 0 aromatic carbocycles. The van der Waals surface area contributed by atoms with E-state index >= 15 is 0 Å². The highest BCUT2D eigenvalue weighted by Crippen LogP contribution is 2.35. The van der Waals surface area contributed by atoms with E-state index in [4.69, 9.17) is 0 Å². The van der Waals surface area contributed by atoms with Crippen LogP contribution in [0.5, 0.6) is 0 Å². The van der Waals surface area contributed by atoms with Crippen LogP contribution in [-0.4, -0.2) is 11.5 Å². The number of halogens is 3. The van der Waals surface area contributed by atoms with Gasteiger partial charge in [0.2, 0.25) is 0 Å². The maximum atomic E-state index is 12.8. The second kappa shape index (κ2) is 3.37. The van der Waals surface area contributed by atoms with Crippen LogP contribution in [0.3, 0.4) is 0 Å². The fourth-order valence-electron chi connectivity index (χ4n) is 0.717. The zero-order chi connectivity index (χ0) is 9.99. The maximum Gasteiger partial charge on any atom is 0.283 e. The molecule has 0 fully saturated rings. The summed E-state index contributed by atoms with van der Waals surface area (Å²) < 4.78 is 42.1. The van der Waals surface area contributed by atoms with Crippen molar-refractivity contribution in [3.63, 3.8) is 0 Å². The van der Waals surface area contributed by atoms with E-state index in [-0.39, 0.29) is 6.42 Å². The fraction of sp³-hybridized carbons (Fsp3) is 0.750. The van der Waals surface area contributed by atoms with Crippen molar-refractivity contribution in [3.8, 4) is 0 Å². The Bertz CT molecular complexity index is 174. The first-order valence-corrected chi connectivity index (χ1v) is 3.64. The highest BCUT2D eigenvalue weighted by molar-refractivity contribution is 4.90. The normalized spacial score (nSPS) is 16.8. The topological polar surface area (TPSA) is 9.23 Å². The summed E-state index contributed by atoms with van der Waals surface area (Å²) in [6.07, 6.45) is 0.0133. The predicted molar refractivity (Wildman–Crippen MR) is 40.7 cm³/mol. The molecule has 1 atom stereocenters. The van der Waals surface area contributed by atoms with Gasteiger partial charge in [-0.25, -0.2) is 8.78 Å². The van der Waals surface area contributed by atoms with Crippen molar-refractivity contribution in [1.29, 1.82) is 0 Å². The van der Waals surface area contributed by atoms with Gasteiger partial charge in [-0.1, -0.05) is 6.92 Å². The molecule has 1 nitrogen and oxygen atoms in total. The van der Waals surface area contributed by atoms with Crippen molar-refractivity contribution in [2.24, 2.45) is 0 Å². The van der Waals surface area contributed by atoms with Crippen molar-refractivity contribution < 1.29 is 17.9 Å². The Labute approximate surface area is 70.2 Å². The molecule has 0 aromatic heterocycles. The molecule has 0 radical (unpaired) electrons. The largest absolute Gasteiger partial charge is 0.458 e. The molecule has 12 heavy (non-hydrogen) atoms. The second-order valence-electron chi connectivity index (χ2n) is 2.93. The van der Waals surface area contributed by atoms with Crippen LogP contribution in [0.2, 0.25) is 0 Å². The molecule has 1 unspecified atom stereocenters. The Morgan fingerprint density at radius 1 is 1.42 bits per heavy atom. The lowest BCUT2D eigenvalue weighted by Gasteiger charge is -2.33. The van der Waals surface area contributed by atoms with E-state index in [9.17, 15) is 13.2 Å². The van der Waals surface area contributed by atoms with E-state index < -0.39 is 17.5 Å². The monoisotopic (exact) mass is 182 g/mol. The zero-order valence-electron chi connectivity index (χ0n) is 7.46. The zero-order valence-corrected chi connectivity index (χ0v) is 7.46. The molecule has 0 spiro atoms. The first-order chi connectivity index (χ1) is 5.23. The van der Waals surface area contributed by atoms with E-state index in [1.54, 1.807) is 0 Å². The van der Waals surface area contributed by atoms with Gasteiger partial charge in [0.1, 0.15) is 0 Å². The standard InChI is InChI=1S/C8H13F3O/c1-5-7(3,8(4,10)11)12-6(2)9/h2,5H2,1,3-4H3. The maximum absolute atomic E-state index is 12.8. The first kappa shape index (κ1) is 11.3. The predicted octanol–water partition coefficient (Wildman–Crippen LogP) is 3.27. The third kappa shape index (κ3) is 2.43. The van der Waals surface area contributed by atoms with E-state index in [1.807, 2.05) is 0 Å². The Kier molecular flexibility index (Phi) is 3.18. The minimum absolute atomic E-state index is 0.0133. The van der Waals surface area contributed by atoms with Crippen molar-refractivity contribution in [3.05, 3.63) is 12.6 Å². The molecule has 0 saturated carbocycles. The first-order valence-electron chi connectivity index (χ1n) is 3.64. The summed E-state index contributed by atoms with van der Waals surface area (Å²) in [6, 6.07) is -1.18. The number of rotatable bonds is 4. The molecule has 4 heteroatoms. The smallest absolute Gasteiger partial charge is 0.283 e. The number of ether oxygens (including phenoxy) is 1. The van der Waals surface area contributed by atoms with Crippen LogP contribution in [0, 0.1) is 0 Å². The molecular formula is C8H13F3O. The fourth-order valence-corrected chi connectivity index (χ4v) is 0.717. The van der Waals surface area contributed by atoms with E-state index in [1.165, 1.54) is 6.92 Å². The lowest BCUT2D eigenvalue weighted by molar-refractivity contribution is -0.181. The third-order valence-electron chi connectivity index (χ3n) is 1.94. The van der Waals surface area contributed by atoms with Crippen LogP contribution in [0.4, 0.5) is 13.2 Å². The van der Waals surface area contributed by atoms with Crippen LogP contribution >= 0.6 is 0 Å². The Morgan fingerprint density at radius 3 is 1.92 bits per heavy atom. The van der Waals surface area contributed by atoms with Gasteiger partial charge in [0.25, 0.3) is 11.9 Å². The molecule has 0 heterocycles. The van der Waals surface area contributed by atoms with Crippen LogP contribution in [-0.2, 0) is 4.74 Å². The summed E-state index contributed by atoms with van der Waals surface area (Å²) >= 11 is 0. The van der Waals surface area contributed by atoms with Gasteiger partial charge in [0, 0.05) is 6.92 Å². The minimum Gasteiger partial charge on any atom is -0.458 e. The van der Waals surface area contributed by atoms with Gasteiger partial charge in [-0.05, 0) is 19.9 Å². The molecule has 0 aromatic rings. The van der Waals surface area contributed by atoms with Crippen LogP contribution in [0.15, 0.2) is 12.6 Å². The van der Waals surface area contributed by atoms with Crippen LogP contribution < -0.4 is 0 Å². The lowest BCUT2D eigenvalue weighted by Crippen LogP contribution is -2.44. The Balaban J connectivity index is 4.56. The quantitative estimate of drug-likeness (QED) is 0.606. The summed E-state index contributed by atoms with van der Waals surface area (Å²) in [6.45, 7) is 6.12.